The van der Waals surface area contributed by atoms with Crippen LogP contribution >= 0.6 is 23.6 Å². The summed E-state index contributed by atoms with van der Waals surface area (Å²) >= 11 is 6.34. The van der Waals surface area contributed by atoms with Crippen LogP contribution in [0.5, 0.6) is 0 Å². The first kappa shape index (κ1) is 7.83. The maximum Gasteiger partial charge on any atom is 0.0991 e. The van der Waals surface area contributed by atoms with Crippen molar-refractivity contribution in [3.05, 3.63) is 29.3 Å². The topological polar surface area (TPSA) is 12.9 Å². The standard InChI is InChI=1S/C9H6NS2/c11-6-5-9-10-7-3-1-2-4-8(7)12-9/h1-4H,5H2. The molecule has 2 rings (SSSR count). The van der Waals surface area contributed by atoms with Crippen LogP contribution in [0, 0.1) is 0 Å². The van der Waals surface area contributed by atoms with Crippen molar-refractivity contribution >= 4 is 39.1 Å². The fraction of sp³-hybridized carbons (Fsp3) is 0.111. The average molecular weight is 192 g/mol. The number of thiocarbonyl (C=S) groups is 1. The fourth-order valence-electron chi connectivity index (χ4n) is 1.06. The summed E-state index contributed by atoms with van der Waals surface area (Å²) in [5, 5.41) is 3.72. The van der Waals surface area contributed by atoms with E-state index in [-0.39, 0.29) is 0 Å². The van der Waals surface area contributed by atoms with Gasteiger partial charge < -0.3 is 0 Å². The molecule has 0 saturated carbocycles. The molecule has 3 heteroatoms. The van der Waals surface area contributed by atoms with Gasteiger partial charge in [0.2, 0.25) is 0 Å². The molecule has 12 heavy (non-hydrogen) atoms. The van der Waals surface area contributed by atoms with E-state index in [2.05, 4.69) is 28.6 Å². The molecule has 1 nitrogen and oxygen atoms in total. The first-order valence-electron chi connectivity index (χ1n) is 3.59. The third-order valence-corrected chi connectivity index (χ3v) is 2.74. The zero-order chi connectivity index (χ0) is 8.39. The van der Waals surface area contributed by atoms with E-state index in [9.17, 15) is 0 Å². The van der Waals surface area contributed by atoms with E-state index in [0.717, 1.165) is 10.5 Å². The number of hydrogen-bond acceptors (Lipinski definition) is 3. The normalized spacial score (nSPS) is 10.3. The highest BCUT2D eigenvalue weighted by atomic mass is 32.1. The van der Waals surface area contributed by atoms with Crippen molar-refractivity contribution in [2.24, 2.45) is 0 Å². The van der Waals surface area contributed by atoms with Crippen molar-refractivity contribution in [3.63, 3.8) is 0 Å². The van der Waals surface area contributed by atoms with Gasteiger partial charge in [-0.05, 0) is 12.1 Å². The Labute approximate surface area is 80.1 Å². The molecule has 0 aliphatic rings. The summed E-state index contributed by atoms with van der Waals surface area (Å²) in [5.41, 5.74) is 1.06. The minimum absolute atomic E-state index is 0.675. The van der Waals surface area contributed by atoms with Crippen LogP contribution in [0.1, 0.15) is 5.01 Å². The van der Waals surface area contributed by atoms with E-state index < -0.39 is 0 Å². The van der Waals surface area contributed by atoms with Gasteiger partial charge in [-0.2, -0.15) is 0 Å². The second-order valence-corrected chi connectivity index (χ2v) is 3.80. The third kappa shape index (κ3) is 1.38. The quantitative estimate of drug-likeness (QED) is 0.678. The molecule has 59 valence electrons. The van der Waals surface area contributed by atoms with Crippen LogP contribution in [0.2, 0.25) is 0 Å². The Balaban J connectivity index is 2.54. The van der Waals surface area contributed by atoms with Crippen LogP contribution in [0.3, 0.4) is 0 Å². The van der Waals surface area contributed by atoms with Gasteiger partial charge in [-0.1, -0.05) is 24.4 Å². The highest BCUT2D eigenvalue weighted by Crippen LogP contribution is 2.21. The first-order chi connectivity index (χ1) is 5.90. The number of hydrogen-bond donors (Lipinski definition) is 0. The van der Waals surface area contributed by atoms with Crippen molar-refractivity contribution in [3.8, 4) is 0 Å². The Morgan fingerprint density at radius 2 is 2.25 bits per heavy atom. The molecule has 2 aromatic rings. The molecular formula is C9H6NS2. The molecule has 0 N–H and O–H groups in total. The summed E-state index contributed by atoms with van der Waals surface area (Å²) < 4.78 is 1.22. The first-order valence-corrected chi connectivity index (χ1v) is 4.82. The average Bonchev–Trinajstić information content (AvgIpc) is 2.47. The van der Waals surface area contributed by atoms with Gasteiger partial charge in [0.15, 0.2) is 0 Å². The van der Waals surface area contributed by atoms with E-state index in [0.29, 0.717) is 6.42 Å². The third-order valence-electron chi connectivity index (χ3n) is 1.56. The van der Waals surface area contributed by atoms with Crippen molar-refractivity contribution in [2.45, 2.75) is 6.42 Å². The van der Waals surface area contributed by atoms with E-state index >= 15 is 0 Å². The summed E-state index contributed by atoms with van der Waals surface area (Å²) in [5.74, 6) is 0. The molecule has 0 amide bonds. The molecule has 1 radical (unpaired) electrons. The van der Waals surface area contributed by atoms with Crippen molar-refractivity contribution < 1.29 is 0 Å². The van der Waals surface area contributed by atoms with Gasteiger partial charge in [-0.15, -0.1) is 11.3 Å². The molecule has 0 saturated heterocycles. The summed E-state index contributed by atoms with van der Waals surface area (Å²) in [6.45, 7) is 0. The largest absolute Gasteiger partial charge is 0.241 e. The minimum Gasteiger partial charge on any atom is -0.241 e. The van der Waals surface area contributed by atoms with Crippen molar-refractivity contribution in [1.82, 2.24) is 4.98 Å². The van der Waals surface area contributed by atoms with E-state index in [1.54, 1.807) is 11.3 Å². The SMILES string of the molecule is S=[C]Cc1nc2ccccc2s1. The van der Waals surface area contributed by atoms with Crippen LogP contribution in [0.15, 0.2) is 24.3 Å². The predicted octanol–water partition coefficient (Wildman–Crippen LogP) is 2.72. The van der Waals surface area contributed by atoms with Gasteiger partial charge in [0.25, 0.3) is 0 Å². The molecule has 1 aromatic heterocycles. The van der Waals surface area contributed by atoms with Crippen LogP contribution in [0.25, 0.3) is 10.2 Å². The highest BCUT2D eigenvalue weighted by molar-refractivity contribution is 7.79. The predicted molar refractivity (Wildman–Crippen MR) is 55.9 cm³/mol. The fourth-order valence-corrected chi connectivity index (χ4v) is 2.19. The minimum atomic E-state index is 0.675. The molecule has 0 spiro atoms. The second-order valence-electron chi connectivity index (χ2n) is 2.40. The Kier molecular flexibility index (Phi) is 2.15. The van der Waals surface area contributed by atoms with Crippen molar-refractivity contribution in [2.75, 3.05) is 0 Å². The van der Waals surface area contributed by atoms with E-state index in [1.165, 1.54) is 4.70 Å². The molecule has 0 atom stereocenters. The maximum atomic E-state index is 4.66. The molecular weight excluding hydrogens is 186 g/mol. The van der Waals surface area contributed by atoms with Gasteiger partial charge in [0.1, 0.15) is 0 Å². The molecule has 0 aliphatic heterocycles. The van der Waals surface area contributed by atoms with Crippen molar-refractivity contribution in [1.29, 1.82) is 0 Å². The number of nitrogens with zero attached hydrogens (tertiary/aromatic N) is 1. The van der Waals surface area contributed by atoms with E-state index in [1.807, 2.05) is 18.2 Å². The lowest BCUT2D eigenvalue weighted by atomic mass is 10.3. The number of fused-ring (bicyclic) bond motifs is 1. The van der Waals surface area contributed by atoms with Crippen LogP contribution in [-0.2, 0) is 6.42 Å². The Hall–Kier alpha value is -0.800. The zero-order valence-electron chi connectivity index (χ0n) is 6.28. The number of rotatable bonds is 2. The van der Waals surface area contributed by atoms with E-state index in [4.69, 9.17) is 0 Å². The number of thiazole rings is 1. The Morgan fingerprint density at radius 1 is 1.42 bits per heavy atom. The molecule has 0 unspecified atom stereocenters. The van der Waals surface area contributed by atoms with Gasteiger partial charge in [-0.3, -0.25) is 0 Å². The zero-order valence-corrected chi connectivity index (χ0v) is 7.91. The van der Waals surface area contributed by atoms with Gasteiger partial charge in [-0.25, -0.2) is 4.98 Å². The Morgan fingerprint density at radius 3 is 3.00 bits per heavy atom. The second kappa shape index (κ2) is 3.29. The van der Waals surface area contributed by atoms with Gasteiger partial charge in [0, 0.05) is 11.8 Å². The van der Waals surface area contributed by atoms with Crippen LogP contribution < -0.4 is 0 Å². The monoisotopic (exact) mass is 192 g/mol. The number of benzene rings is 1. The highest BCUT2D eigenvalue weighted by Gasteiger charge is 2.00. The molecule has 1 heterocycles. The molecule has 0 aliphatic carbocycles. The molecule has 1 aromatic carbocycles. The summed E-state index contributed by atoms with van der Waals surface area (Å²) in [6.07, 6.45) is 0.675. The lowest BCUT2D eigenvalue weighted by Crippen LogP contribution is -1.79. The van der Waals surface area contributed by atoms with Crippen LogP contribution in [-0.4, -0.2) is 10.4 Å². The van der Waals surface area contributed by atoms with Gasteiger partial charge in [0.05, 0.1) is 15.2 Å². The molecule has 0 bridgehead atoms. The number of aromatic nitrogens is 1. The van der Waals surface area contributed by atoms with Gasteiger partial charge >= 0.3 is 0 Å². The summed E-state index contributed by atoms with van der Waals surface area (Å²) in [4.78, 5) is 4.39. The number of para-hydroxylation sites is 1. The summed E-state index contributed by atoms with van der Waals surface area (Å²) in [7, 11) is 0. The molecule has 0 fully saturated rings. The van der Waals surface area contributed by atoms with Crippen LogP contribution in [0.4, 0.5) is 0 Å². The maximum absolute atomic E-state index is 4.66. The smallest absolute Gasteiger partial charge is 0.0991 e. The lowest BCUT2D eigenvalue weighted by Gasteiger charge is -1.80. The Bertz CT molecular complexity index is 373. The lowest BCUT2D eigenvalue weighted by molar-refractivity contribution is 1.29. The summed E-state index contributed by atoms with van der Waals surface area (Å²) in [6, 6.07) is 8.09.